The Kier molecular flexibility index (Phi) is 4.50. The molecule has 1 aromatic heterocycles. The zero-order valence-electron chi connectivity index (χ0n) is 9.92. The molecule has 2 rings (SSSR count). The maximum atomic E-state index is 4.18. The molecular formula is C12H12Br3N3. The van der Waals surface area contributed by atoms with Crippen LogP contribution >= 0.6 is 47.8 Å². The Labute approximate surface area is 131 Å². The molecule has 2 aromatic rings. The van der Waals surface area contributed by atoms with Crippen LogP contribution in [-0.2, 0) is 7.05 Å². The molecule has 0 aliphatic carbocycles. The molecule has 0 spiro atoms. The van der Waals surface area contributed by atoms with Gasteiger partial charge in [0.1, 0.15) is 0 Å². The lowest BCUT2D eigenvalue weighted by Gasteiger charge is -2.18. The summed E-state index contributed by atoms with van der Waals surface area (Å²) in [7, 11) is 1.94. The van der Waals surface area contributed by atoms with Crippen LogP contribution in [0.15, 0.2) is 37.8 Å². The van der Waals surface area contributed by atoms with Crippen LogP contribution in [0.25, 0.3) is 0 Å². The molecule has 0 radical (unpaired) electrons. The summed E-state index contributed by atoms with van der Waals surface area (Å²) in [5.74, 6) is 0. The van der Waals surface area contributed by atoms with Crippen molar-refractivity contribution in [2.24, 2.45) is 7.05 Å². The summed E-state index contributed by atoms with van der Waals surface area (Å²) in [4.78, 5) is 0. The van der Waals surface area contributed by atoms with Gasteiger partial charge in [0.25, 0.3) is 0 Å². The highest BCUT2D eigenvalue weighted by Crippen LogP contribution is 2.36. The average molecular weight is 438 g/mol. The lowest BCUT2D eigenvalue weighted by atomic mass is 10.2. The molecule has 0 saturated heterocycles. The average Bonchev–Trinajstić information content (AvgIpc) is 2.69. The largest absolute Gasteiger partial charge is 0.375 e. The number of hydrogen-bond donors (Lipinski definition) is 1. The third-order valence-corrected chi connectivity index (χ3v) is 4.38. The van der Waals surface area contributed by atoms with E-state index in [1.54, 1.807) is 6.20 Å². The molecule has 1 heterocycles. The molecule has 18 heavy (non-hydrogen) atoms. The number of halogens is 3. The van der Waals surface area contributed by atoms with Gasteiger partial charge < -0.3 is 5.32 Å². The fraction of sp³-hybridized carbons (Fsp3) is 0.250. The highest BCUT2D eigenvalue weighted by atomic mass is 79.9. The second-order valence-electron chi connectivity index (χ2n) is 3.99. The lowest BCUT2D eigenvalue weighted by Crippen LogP contribution is -2.12. The van der Waals surface area contributed by atoms with E-state index < -0.39 is 0 Å². The van der Waals surface area contributed by atoms with E-state index >= 15 is 0 Å². The van der Waals surface area contributed by atoms with Gasteiger partial charge in [0.05, 0.1) is 17.4 Å². The summed E-state index contributed by atoms with van der Waals surface area (Å²) in [6.45, 7) is 2.11. The van der Waals surface area contributed by atoms with E-state index in [1.807, 2.05) is 29.9 Å². The van der Waals surface area contributed by atoms with Gasteiger partial charge in [-0.1, -0.05) is 15.9 Å². The number of rotatable bonds is 3. The van der Waals surface area contributed by atoms with Crippen molar-refractivity contribution in [3.8, 4) is 0 Å². The first-order chi connectivity index (χ1) is 8.49. The molecule has 1 aromatic carbocycles. The summed E-state index contributed by atoms with van der Waals surface area (Å²) < 4.78 is 4.92. The maximum absolute atomic E-state index is 4.18. The number of nitrogens with one attached hydrogen (secondary N) is 1. The van der Waals surface area contributed by atoms with Gasteiger partial charge in [-0.05, 0) is 57.0 Å². The number of nitrogens with zero attached hydrogens (tertiary/aromatic N) is 2. The lowest BCUT2D eigenvalue weighted by molar-refractivity contribution is 0.675. The van der Waals surface area contributed by atoms with E-state index in [0.717, 1.165) is 24.8 Å². The van der Waals surface area contributed by atoms with E-state index in [2.05, 4.69) is 65.1 Å². The minimum absolute atomic E-state index is 0.172. The SMILES string of the molecule is CC(Nc1c(Br)cc(Br)cc1Br)c1ccnn1C. The van der Waals surface area contributed by atoms with Crippen LogP contribution in [0.2, 0.25) is 0 Å². The Balaban J connectivity index is 2.27. The highest BCUT2D eigenvalue weighted by Gasteiger charge is 2.13. The fourth-order valence-corrected chi connectivity index (χ4v) is 4.27. The second kappa shape index (κ2) is 5.75. The van der Waals surface area contributed by atoms with Crippen molar-refractivity contribution in [2.75, 3.05) is 5.32 Å². The molecule has 3 nitrogen and oxygen atoms in total. The fourth-order valence-electron chi connectivity index (χ4n) is 1.78. The Hall–Kier alpha value is -0.330. The second-order valence-corrected chi connectivity index (χ2v) is 6.61. The summed E-state index contributed by atoms with van der Waals surface area (Å²) in [6.07, 6.45) is 1.80. The van der Waals surface area contributed by atoms with Crippen LogP contribution in [0.3, 0.4) is 0 Å². The predicted molar refractivity (Wildman–Crippen MR) is 84.8 cm³/mol. The monoisotopic (exact) mass is 435 g/mol. The first-order valence-electron chi connectivity index (χ1n) is 5.38. The third kappa shape index (κ3) is 2.97. The Morgan fingerprint density at radius 3 is 2.33 bits per heavy atom. The van der Waals surface area contributed by atoms with Crippen LogP contribution in [0.5, 0.6) is 0 Å². The van der Waals surface area contributed by atoms with Gasteiger partial charge in [-0.25, -0.2) is 0 Å². The summed E-state index contributed by atoms with van der Waals surface area (Å²) >= 11 is 10.6. The van der Waals surface area contributed by atoms with Crippen molar-refractivity contribution in [3.63, 3.8) is 0 Å². The molecule has 6 heteroatoms. The number of benzene rings is 1. The summed E-state index contributed by atoms with van der Waals surface area (Å²) in [5.41, 5.74) is 2.17. The number of aryl methyl sites for hydroxylation is 1. The topological polar surface area (TPSA) is 29.9 Å². The molecule has 1 atom stereocenters. The summed E-state index contributed by atoms with van der Waals surface area (Å²) in [5, 5.41) is 7.66. The van der Waals surface area contributed by atoms with Crippen molar-refractivity contribution in [1.29, 1.82) is 0 Å². The normalized spacial score (nSPS) is 12.5. The molecular weight excluding hydrogens is 426 g/mol. The molecule has 1 N–H and O–H groups in total. The maximum Gasteiger partial charge on any atom is 0.0654 e. The Morgan fingerprint density at radius 2 is 1.83 bits per heavy atom. The molecule has 0 bridgehead atoms. The van der Waals surface area contributed by atoms with Crippen LogP contribution in [0.4, 0.5) is 5.69 Å². The van der Waals surface area contributed by atoms with Gasteiger partial charge in [0.2, 0.25) is 0 Å². The van der Waals surface area contributed by atoms with E-state index in [0.29, 0.717) is 0 Å². The van der Waals surface area contributed by atoms with Crippen LogP contribution in [-0.4, -0.2) is 9.78 Å². The first kappa shape index (κ1) is 14.1. The zero-order chi connectivity index (χ0) is 13.3. The van der Waals surface area contributed by atoms with E-state index in [4.69, 9.17) is 0 Å². The number of hydrogen-bond acceptors (Lipinski definition) is 2. The molecule has 0 aliphatic rings. The van der Waals surface area contributed by atoms with Gasteiger partial charge >= 0.3 is 0 Å². The van der Waals surface area contributed by atoms with Crippen LogP contribution in [0, 0.1) is 0 Å². The van der Waals surface area contributed by atoms with Gasteiger partial charge in [-0.2, -0.15) is 5.10 Å². The van der Waals surface area contributed by atoms with E-state index in [1.165, 1.54) is 0 Å². The minimum Gasteiger partial charge on any atom is -0.375 e. The molecule has 0 aliphatic heterocycles. The van der Waals surface area contributed by atoms with Gasteiger partial charge in [-0.3, -0.25) is 4.68 Å². The molecule has 1 unspecified atom stereocenters. The van der Waals surface area contributed by atoms with Crippen LogP contribution in [0.1, 0.15) is 18.7 Å². The van der Waals surface area contributed by atoms with Gasteiger partial charge in [-0.15, -0.1) is 0 Å². The molecule has 96 valence electrons. The van der Waals surface area contributed by atoms with Crippen molar-refractivity contribution in [2.45, 2.75) is 13.0 Å². The standard InChI is InChI=1S/C12H12Br3N3/c1-7(11-3-4-16-18(11)2)17-12-9(14)5-8(13)6-10(12)15/h3-7,17H,1-2H3. The zero-order valence-corrected chi connectivity index (χ0v) is 14.7. The van der Waals surface area contributed by atoms with Crippen molar-refractivity contribution in [1.82, 2.24) is 9.78 Å². The van der Waals surface area contributed by atoms with Crippen LogP contribution < -0.4 is 5.32 Å². The quantitative estimate of drug-likeness (QED) is 0.741. The Bertz CT molecular complexity index is 542. The predicted octanol–water partition coefficient (Wildman–Crippen LogP) is 4.88. The minimum atomic E-state index is 0.172. The van der Waals surface area contributed by atoms with Gasteiger partial charge in [0.15, 0.2) is 0 Å². The molecule has 0 fully saturated rings. The molecule has 0 saturated carbocycles. The van der Waals surface area contributed by atoms with E-state index in [9.17, 15) is 0 Å². The first-order valence-corrected chi connectivity index (χ1v) is 7.76. The third-order valence-electron chi connectivity index (χ3n) is 2.67. The van der Waals surface area contributed by atoms with Crippen molar-refractivity contribution >= 4 is 53.5 Å². The number of anilines is 1. The van der Waals surface area contributed by atoms with E-state index in [-0.39, 0.29) is 6.04 Å². The summed E-state index contributed by atoms with van der Waals surface area (Å²) in [6, 6.07) is 6.22. The Morgan fingerprint density at radius 1 is 1.22 bits per heavy atom. The van der Waals surface area contributed by atoms with Gasteiger partial charge in [0, 0.05) is 26.7 Å². The molecule has 0 amide bonds. The number of aromatic nitrogens is 2. The van der Waals surface area contributed by atoms with Crippen molar-refractivity contribution in [3.05, 3.63) is 43.5 Å². The smallest absolute Gasteiger partial charge is 0.0654 e. The van der Waals surface area contributed by atoms with Crippen molar-refractivity contribution < 1.29 is 0 Å². The highest BCUT2D eigenvalue weighted by molar-refractivity contribution is 9.11.